The molecule has 27 heteroatoms. The van der Waals surface area contributed by atoms with Crippen molar-refractivity contribution in [3.8, 4) is 43.4 Å². The Kier molecular flexibility index (Phi) is 28.5. The van der Waals surface area contributed by atoms with Crippen molar-refractivity contribution in [3.63, 3.8) is 0 Å². The number of carbonyl (C=O) groups excluding carboxylic acids is 5. The minimum atomic E-state index is -1.23. The number of nitrogen functional groups attached to an aromatic ring is 1. The molecule has 7 aromatic heterocycles. The van der Waals surface area contributed by atoms with Gasteiger partial charge >= 0.3 is 51.4 Å². The number of pyridine rings is 1. The van der Waals surface area contributed by atoms with Gasteiger partial charge in [-0.25, -0.2) is 34.9 Å². The van der Waals surface area contributed by atoms with Crippen LogP contribution in [-0.2, 0) is 20.9 Å². The number of halogens is 1. The molecule has 81 heavy (non-hydrogen) atoms. The zero-order valence-electron chi connectivity index (χ0n) is 47.0. The van der Waals surface area contributed by atoms with E-state index in [0.29, 0.717) is 79.5 Å². The van der Waals surface area contributed by atoms with Crippen molar-refractivity contribution in [1.29, 1.82) is 0 Å². The summed E-state index contributed by atoms with van der Waals surface area (Å²) in [7, 11) is 2.99. The summed E-state index contributed by atoms with van der Waals surface area (Å²) >= 11 is 9.68. The number of carbonyl (C=O) groups is 5. The van der Waals surface area contributed by atoms with Gasteiger partial charge in [0.15, 0.2) is 5.78 Å². The Morgan fingerprint density at radius 3 is 2.07 bits per heavy atom. The number of nitrogens with zero attached hydrogens (tertiary/aromatic N) is 7. The van der Waals surface area contributed by atoms with E-state index < -0.39 is 48.4 Å². The van der Waals surface area contributed by atoms with Crippen LogP contribution in [0.5, 0.6) is 0 Å². The van der Waals surface area contributed by atoms with E-state index in [0.717, 1.165) is 0 Å². The third-order valence-electron chi connectivity index (χ3n) is 11.6. The Bertz CT molecular complexity index is 3370. The van der Waals surface area contributed by atoms with Gasteiger partial charge in [0, 0.05) is 58.5 Å². The molecule has 0 saturated heterocycles. The number of aliphatic hydroxyl groups excluding tert-OH is 1. The predicted molar refractivity (Wildman–Crippen MR) is 333 cm³/mol. The molecule has 7 N–H and O–H groups in total. The number of ether oxygens (including phenoxy) is 1. The Hall–Kier alpha value is -4.21. The molecule has 4 unspecified atom stereocenters. The number of rotatable bonds is 8. The van der Waals surface area contributed by atoms with E-state index in [1.165, 1.54) is 82.2 Å². The molecule has 1 aromatic carbocycles. The number of hydrogen-bond donors (Lipinski definition) is 6. The molecule has 10 bridgehead atoms. The van der Waals surface area contributed by atoms with Crippen LogP contribution in [0.1, 0.15) is 149 Å². The summed E-state index contributed by atoms with van der Waals surface area (Å²) in [5.41, 5.74) is 9.36. The van der Waals surface area contributed by atoms with Crippen molar-refractivity contribution >= 4 is 126 Å². The maximum Gasteiger partial charge on any atom is 1.00 e. The smallest absolute Gasteiger partial charge is 1.00 e. The second-order valence-corrected chi connectivity index (χ2v) is 22.8. The Morgan fingerprint density at radius 1 is 0.765 bits per heavy atom. The van der Waals surface area contributed by atoms with Gasteiger partial charge in [-0.15, -0.1) is 68.0 Å². The molecule has 428 valence electrons. The molecule has 1 aliphatic rings. The van der Waals surface area contributed by atoms with Crippen LogP contribution in [0, 0.1) is 12.8 Å². The van der Waals surface area contributed by atoms with E-state index in [9.17, 15) is 29.1 Å². The monoisotopic (exact) mass is 1350 g/mol. The number of hydrogen-bond acceptors (Lipinski definition) is 21. The summed E-state index contributed by atoms with van der Waals surface area (Å²) < 4.78 is 5.46. The van der Waals surface area contributed by atoms with Gasteiger partial charge in [0.25, 0.3) is 11.8 Å². The van der Waals surface area contributed by atoms with Gasteiger partial charge < -0.3 is 38.3 Å². The van der Waals surface area contributed by atoms with Crippen LogP contribution >= 0.6 is 90.6 Å². The van der Waals surface area contributed by atoms with Crippen molar-refractivity contribution in [3.05, 3.63) is 111 Å². The van der Waals surface area contributed by atoms with Gasteiger partial charge in [-0.3, -0.25) is 24.0 Å². The molecule has 9 rings (SSSR count). The van der Waals surface area contributed by atoms with E-state index in [1.54, 1.807) is 53.4 Å². The van der Waals surface area contributed by atoms with E-state index in [2.05, 4.69) is 48.8 Å². The van der Waals surface area contributed by atoms with Crippen molar-refractivity contribution in [2.75, 3.05) is 31.4 Å². The fourth-order valence-electron chi connectivity index (χ4n) is 7.85. The number of thiazole rings is 6. The number of aromatic nitrogens is 7. The van der Waals surface area contributed by atoms with Gasteiger partial charge in [-0.2, -0.15) is 0 Å². The molecule has 4 atom stereocenters. The second-order valence-electron chi connectivity index (χ2n) is 17.0. The number of methoxy groups -OCH3 is 1. The summed E-state index contributed by atoms with van der Waals surface area (Å²) in [4.78, 5) is 106. The summed E-state index contributed by atoms with van der Waals surface area (Å²) in [6.07, 6.45) is -1.41. The Balaban J connectivity index is 0.00000190. The average molecular weight is 1350 g/mol. The molecule has 0 spiro atoms. The molecule has 0 fully saturated rings. The van der Waals surface area contributed by atoms with Crippen LogP contribution in [0.2, 0.25) is 0 Å². The van der Waals surface area contributed by atoms with Crippen LogP contribution in [-0.4, -0.2) is 95.0 Å². The van der Waals surface area contributed by atoms with Crippen molar-refractivity contribution in [1.82, 2.24) is 56.2 Å². The van der Waals surface area contributed by atoms with Crippen LogP contribution < -0.4 is 78.4 Å². The molecule has 0 radical (unpaired) electrons. The largest absolute Gasteiger partial charge is 1.00 e. The number of nitrogens with one attached hydrogen (secondary N) is 4. The normalized spacial score (nSPS) is 15.7. The van der Waals surface area contributed by atoms with Crippen molar-refractivity contribution in [2.24, 2.45) is 5.92 Å². The number of ketones is 1. The number of benzene rings is 1. The number of fused-ring (bicyclic) bond motifs is 14. The molecule has 19 nitrogen and oxygen atoms in total. The molecular formula is C54H66IKN12O7S6. The van der Waals surface area contributed by atoms with E-state index >= 15 is 0 Å². The zero-order valence-corrected chi connectivity index (χ0v) is 56.2. The minimum Gasteiger partial charge on any atom is -1.00 e. The third kappa shape index (κ3) is 17.2. The van der Waals surface area contributed by atoms with Gasteiger partial charge in [-0.05, 0) is 35.5 Å². The predicted octanol–water partition coefficient (Wildman–Crippen LogP) is 8.64. The Labute approximate surface area is 553 Å². The SMILES string of the molecule is C.CC.CC.CI.CNC(=O)CC1NC(=O)c2csc(n2)-c2ccc(-c3nc(N)cs3)nc2-c2csc(n2)-c2csc(n2)C(C(O)c2ccccc2)NC(=O)CNC(=O)c2nc(sc2COC)C(C(C)C)CC(=O)c2nc1sc2C.[H-].[K+]. The van der Waals surface area contributed by atoms with Gasteiger partial charge in [-0.1, -0.05) is 102 Å². The fraction of sp³-hybridized carbons (Fsp3) is 0.370. The molecular weight excluding hydrogens is 1290 g/mol. The fourth-order valence-corrected chi connectivity index (χ4v) is 13.4. The van der Waals surface area contributed by atoms with E-state index in [-0.39, 0.29) is 114 Å². The van der Waals surface area contributed by atoms with E-state index in [4.69, 9.17) is 40.4 Å². The van der Waals surface area contributed by atoms with Crippen molar-refractivity contribution < 1.29 is 86.6 Å². The van der Waals surface area contributed by atoms with Gasteiger partial charge in [0.1, 0.15) is 77.2 Å². The maximum atomic E-state index is 14.3. The summed E-state index contributed by atoms with van der Waals surface area (Å²) in [5.74, 6) is -2.66. The summed E-state index contributed by atoms with van der Waals surface area (Å²) in [6, 6.07) is 10.5. The standard InChI is InChI=1S/C48H46N12O7S6.2C2H6.CH3I.CH4.K.H/c1-21(2)25-13-31(61)36-22(3)72-47(59-36)27(14-34(62)50-4)53-41(65)29-18-68-43(55-29)24-11-12-26(45-57-33(49)20-71-45)52-37(24)28-17-69-46(54-28)30-19-70-48(56-30)39(40(64)23-9-7-6-8-10-23)58-35(63)15-51-42(66)38-32(16-67-5)73-44(25)60-38;3*1-2;;;/h6-12,17-21,25,27,39-40,64H,13-16,49H2,1-5H3,(H,50,62)(H,51,66)(H,53,65)(H,58,63);2*1-2H3;1H3;1H4;;/q;;;;;+1;-1. The first-order chi connectivity index (χ1) is 38.2. The number of amides is 4. The first kappa shape index (κ1) is 69.3. The van der Waals surface area contributed by atoms with Crippen LogP contribution in [0.25, 0.3) is 43.4 Å². The number of anilines is 1. The number of alkyl halides is 1. The third-order valence-corrected chi connectivity index (χ3v) is 17.4. The summed E-state index contributed by atoms with van der Waals surface area (Å²) in [5, 5.41) is 32.7. The molecule has 0 saturated carbocycles. The molecule has 4 amide bonds. The number of nitrogens with two attached hydrogens (primary N) is 1. The van der Waals surface area contributed by atoms with Crippen molar-refractivity contribution in [2.45, 2.75) is 99.4 Å². The number of aryl methyl sites for hydroxylation is 1. The first-order valence-corrected chi connectivity index (χ1v) is 32.3. The molecule has 8 aromatic rings. The van der Waals surface area contributed by atoms with Gasteiger partial charge in [0.2, 0.25) is 11.8 Å². The maximum absolute atomic E-state index is 14.3. The first-order valence-electron chi connectivity index (χ1n) is 25.0. The summed E-state index contributed by atoms with van der Waals surface area (Å²) in [6.45, 7) is 13.2. The molecule has 0 aliphatic carbocycles. The Morgan fingerprint density at radius 2 is 1.41 bits per heavy atom. The van der Waals surface area contributed by atoms with Crippen LogP contribution in [0.15, 0.2) is 64.0 Å². The number of aliphatic hydroxyl groups is 1. The topological polar surface area (TPSA) is 279 Å². The number of Topliss-reactive ketones (excluding diaryl/α,β-unsaturated/α-hetero) is 1. The molecule has 1 aliphatic heterocycles. The van der Waals surface area contributed by atoms with Crippen LogP contribution in [0.3, 0.4) is 0 Å². The van der Waals surface area contributed by atoms with Crippen LogP contribution in [0.4, 0.5) is 5.82 Å². The molecule has 8 heterocycles. The minimum absolute atomic E-state index is 0. The quantitative estimate of drug-likeness (QED) is 0.0472. The van der Waals surface area contributed by atoms with Gasteiger partial charge in [0.05, 0.1) is 41.2 Å². The zero-order chi connectivity index (χ0) is 57.5. The average Bonchev–Trinajstić information content (AvgIpc) is 4.51. The second kappa shape index (κ2) is 33.3. The van der Waals surface area contributed by atoms with E-state index in [1.807, 2.05) is 64.0 Å².